The van der Waals surface area contributed by atoms with Crippen LogP contribution in [0.25, 0.3) is 0 Å². The van der Waals surface area contributed by atoms with Gasteiger partial charge in [-0.2, -0.15) is 0 Å². The third-order valence-corrected chi connectivity index (χ3v) is 2.75. The molecule has 0 aromatic heterocycles. The molecule has 0 amide bonds. The summed E-state index contributed by atoms with van der Waals surface area (Å²) in [5, 5.41) is 0. The Bertz CT molecular complexity index is 321. The Labute approximate surface area is 82.9 Å². The number of nitrogen functional groups attached to an aromatic ring is 1. The van der Waals surface area contributed by atoms with Crippen LogP contribution < -0.4 is 5.73 Å². The number of rotatable bonds is 1. The zero-order valence-corrected chi connectivity index (χ0v) is 8.00. The Balaban J connectivity index is 2.26. The molecule has 0 aliphatic carbocycles. The third-order valence-electron chi connectivity index (χ3n) is 2.75. The normalized spacial score (nSPS) is 18.4. The van der Waals surface area contributed by atoms with Gasteiger partial charge in [-0.15, -0.1) is 0 Å². The predicted octanol–water partition coefficient (Wildman–Crippen LogP) is 2.30. The summed E-state index contributed by atoms with van der Waals surface area (Å²) in [5.74, 6) is 0.0495. The van der Waals surface area contributed by atoms with E-state index in [1.807, 2.05) is 6.07 Å². The first-order chi connectivity index (χ1) is 6.79. The molecule has 76 valence electrons. The van der Waals surface area contributed by atoms with Crippen LogP contribution in [0.2, 0.25) is 0 Å². The SMILES string of the molecule is Nc1c(F)cccc1C1CCOCC1. The Hall–Kier alpha value is -1.09. The van der Waals surface area contributed by atoms with E-state index in [0.29, 0.717) is 11.6 Å². The van der Waals surface area contributed by atoms with Crippen molar-refractivity contribution in [3.8, 4) is 0 Å². The molecule has 1 heterocycles. The lowest BCUT2D eigenvalue weighted by Crippen LogP contribution is -2.15. The van der Waals surface area contributed by atoms with Crippen molar-refractivity contribution >= 4 is 5.69 Å². The van der Waals surface area contributed by atoms with Crippen molar-refractivity contribution in [2.75, 3.05) is 18.9 Å². The zero-order chi connectivity index (χ0) is 9.97. The summed E-state index contributed by atoms with van der Waals surface area (Å²) in [6.07, 6.45) is 1.88. The highest BCUT2D eigenvalue weighted by Gasteiger charge is 2.19. The van der Waals surface area contributed by atoms with Gasteiger partial charge in [0.25, 0.3) is 0 Å². The summed E-state index contributed by atoms with van der Waals surface area (Å²) in [7, 11) is 0. The van der Waals surface area contributed by atoms with Gasteiger partial charge in [-0.3, -0.25) is 0 Å². The maximum absolute atomic E-state index is 13.2. The number of halogens is 1. The molecule has 1 aliphatic rings. The molecule has 14 heavy (non-hydrogen) atoms. The number of benzene rings is 1. The smallest absolute Gasteiger partial charge is 0.146 e. The molecule has 3 heteroatoms. The number of nitrogens with two attached hydrogens (primary N) is 1. The molecule has 0 saturated carbocycles. The van der Waals surface area contributed by atoms with E-state index < -0.39 is 0 Å². The molecule has 0 atom stereocenters. The molecule has 1 fully saturated rings. The quantitative estimate of drug-likeness (QED) is 0.698. The van der Waals surface area contributed by atoms with Crippen LogP contribution >= 0.6 is 0 Å². The van der Waals surface area contributed by atoms with Crippen molar-refractivity contribution in [1.82, 2.24) is 0 Å². The first-order valence-corrected chi connectivity index (χ1v) is 4.90. The molecule has 1 aromatic rings. The number of ether oxygens (including phenoxy) is 1. The fraction of sp³-hybridized carbons (Fsp3) is 0.455. The average molecular weight is 195 g/mol. The van der Waals surface area contributed by atoms with Gasteiger partial charge in [0.05, 0.1) is 5.69 Å². The minimum absolute atomic E-state index is 0.305. The van der Waals surface area contributed by atoms with Crippen molar-refractivity contribution < 1.29 is 9.13 Å². The summed E-state index contributed by atoms with van der Waals surface area (Å²) >= 11 is 0. The van der Waals surface area contributed by atoms with E-state index in [1.165, 1.54) is 6.07 Å². The second-order valence-electron chi connectivity index (χ2n) is 3.63. The van der Waals surface area contributed by atoms with Crippen molar-refractivity contribution in [3.05, 3.63) is 29.6 Å². The van der Waals surface area contributed by atoms with Crippen LogP contribution in [0.1, 0.15) is 24.3 Å². The molecule has 2 N–H and O–H groups in total. The van der Waals surface area contributed by atoms with Crippen LogP contribution in [-0.4, -0.2) is 13.2 Å². The Morgan fingerprint density at radius 2 is 2.00 bits per heavy atom. The van der Waals surface area contributed by atoms with Crippen LogP contribution in [0.3, 0.4) is 0 Å². The summed E-state index contributed by atoms with van der Waals surface area (Å²) < 4.78 is 18.4. The van der Waals surface area contributed by atoms with Crippen LogP contribution in [0, 0.1) is 5.82 Å². The first-order valence-electron chi connectivity index (χ1n) is 4.90. The van der Waals surface area contributed by atoms with Gasteiger partial charge >= 0.3 is 0 Å². The van der Waals surface area contributed by atoms with Gasteiger partial charge in [-0.05, 0) is 30.4 Å². The first kappa shape index (κ1) is 9.46. The second kappa shape index (κ2) is 3.96. The van der Waals surface area contributed by atoms with Crippen molar-refractivity contribution in [3.63, 3.8) is 0 Å². The number of anilines is 1. The summed E-state index contributed by atoms with van der Waals surface area (Å²) in [5.41, 5.74) is 6.94. The van der Waals surface area contributed by atoms with Gasteiger partial charge < -0.3 is 10.5 Å². The predicted molar refractivity (Wildman–Crippen MR) is 53.6 cm³/mol. The molecular weight excluding hydrogens is 181 g/mol. The fourth-order valence-corrected chi connectivity index (χ4v) is 1.92. The van der Waals surface area contributed by atoms with Gasteiger partial charge in [0.1, 0.15) is 5.82 Å². The minimum Gasteiger partial charge on any atom is -0.396 e. The Kier molecular flexibility index (Phi) is 2.68. The van der Waals surface area contributed by atoms with Crippen LogP contribution in [-0.2, 0) is 4.74 Å². The minimum atomic E-state index is -0.311. The zero-order valence-electron chi connectivity index (χ0n) is 8.00. The highest BCUT2D eigenvalue weighted by molar-refractivity contribution is 5.49. The van der Waals surface area contributed by atoms with Crippen LogP contribution in [0.5, 0.6) is 0 Å². The van der Waals surface area contributed by atoms with Gasteiger partial charge in [-0.1, -0.05) is 12.1 Å². The van der Waals surface area contributed by atoms with Gasteiger partial charge in [0, 0.05) is 13.2 Å². The van der Waals surface area contributed by atoms with Gasteiger partial charge in [0.2, 0.25) is 0 Å². The van der Waals surface area contributed by atoms with Crippen molar-refractivity contribution in [1.29, 1.82) is 0 Å². The molecule has 1 saturated heterocycles. The van der Waals surface area contributed by atoms with E-state index in [9.17, 15) is 4.39 Å². The average Bonchev–Trinajstić information content (AvgIpc) is 2.23. The summed E-state index contributed by atoms with van der Waals surface area (Å²) in [6, 6.07) is 5.03. The molecule has 2 nitrogen and oxygen atoms in total. The highest BCUT2D eigenvalue weighted by atomic mass is 19.1. The van der Waals surface area contributed by atoms with Crippen molar-refractivity contribution in [2.45, 2.75) is 18.8 Å². The third kappa shape index (κ3) is 1.73. The van der Waals surface area contributed by atoms with Crippen LogP contribution in [0.15, 0.2) is 18.2 Å². The number of hydrogen-bond donors (Lipinski definition) is 1. The van der Waals surface area contributed by atoms with E-state index in [2.05, 4.69) is 0 Å². The molecule has 1 aromatic carbocycles. The van der Waals surface area contributed by atoms with E-state index >= 15 is 0 Å². The summed E-state index contributed by atoms with van der Waals surface area (Å²) in [6.45, 7) is 1.50. The fourth-order valence-electron chi connectivity index (χ4n) is 1.92. The lowest BCUT2D eigenvalue weighted by molar-refractivity contribution is 0.0854. The van der Waals surface area contributed by atoms with Gasteiger partial charge in [-0.25, -0.2) is 4.39 Å². The molecule has 0 radical (unpaired) electrons. The lowest BCUT2D eigenvalue weighted by atomic mass is 9.90. The topological polar surface area (TPSA) is 35.2 Å². The molecule has 0 bridgehead atoms. The van der Waals surface area contributed by atoms with E-state index in [0.717, 1.165) is 31.6 Å². The molecule has 0 spiro atoms. The molecule has 2 rings (SSSR count). The maximum atomic E-state index is 13.2. The Morgan fingerprint density at radius 1 is 1.29 bits per heavy atom. The molecular formula is C11H14FNO. The largest absolute Gasteiger partial charge is 0.396 e. The second-order valence-corrected chi connectivity index (χ2v) is 3.63. The van der Waals surface area contributed by atoms with E-state index in [1.54, 1.807) is 6.07 Å². The lowest BCUT2D eigenvalue weighted by Gasteiger charge is -2.23. The highest BCUT2D eigenvalue weighted by Crippen LogP contribution is 2.31. The van der Waals surface area contributed by atoms with E-state index in [4.69, 9.17) is 10.5 Å². The van der Waals surface area contributed by atoms with Gasteiger partial charge in [0.15, 0.2) is 0 Å². The Morgan fingerprint density at radius 3 is 2.71 bits per heavy atom. The maximum Gasteiger partial charge on any atom is 0.146 e. The molecule has 0 unspecified atom stereocenters. The number of para-hydroxylation sites is 1. The van der Waals surface area contributed by atoms with Crippen LogP contribution in [0.4, 0.5) is 10.1 Å². The standard InChI is InChI=1S/C11H14FNO/c12-10-3-1-2-9(11(10)13)8-4-6-14-7-5-8/h1-3,8H,4-7,13H2. The van der Waals surface area contributed by atoms with E-state index in [-0.39, 0.29) is 5.82 Å². The number of hydrogen-bond acceptors (Lipinski definition) is 2. The monoisotopic (exact) mass is 195 g/mol. The molecule has 1 aliphatic heterocycles. The summed E-state index contributed by atoms with van der Waals surface area (Å²) in [4.78, 5) is 0. The van der Waals surface area contributed by atoms with Crippen molar-refractivity contribution in [2.24, 2.45) is 0 Å².